The Morgan fingerprint density at radius 2 is 1.91 bits per heavy atom. The summed E-state index contributed by atoms with van der Waals surface area (Å²) in [5.74, 6) is 1.55. The number of anilines is 1. The van der Waals surface area contributed by atoms with Crippen molar-refractivity contribution in [2.75, 3.05) is 25.0 Å². The van der Waals surface area contributed by atoms with Crippen molar-refractivity contribution in [2.45, 2.75) is 26.5 Å². The van der Waals surface area contributed by atoms with Crippen molar-refractivity contribution in [1.82, 2.24) is 10.6 Å². The van der Waals surface area contributed by atoms with Crippen molar-refractivity contribution >= 4 is 41.5 Å². The van der Waals surface area contributed by atoms with Crippen LogP contribution in [0.4, 0.5) is 5.69 Å². The fourth-order valence-electron chi connectivity index (χ4n) is 2.81. The molecule has 172 valence electrons. The van der Waals surface area contributed by atoms with Crippen molar-refractivity contribution in [3.8, 4) is 0 Å². The quantitative estimate of drug-likeness (QED) is 0.141. The van der Waals surface area contributed by atoms with Crippen LogP contribution in [0.15, 0.2) is 74.9 Å². The third-order valence-corrected chi connectivity index (χ3v) is 4.28. The molecule has 9 heteroatoms. The number of ether oxygens (including phenoxy) is 1. The van der Waals surface area contributed by atoms with Crippen molar-refractivity contribution in [1.29, 1.82) is 0 Å². The number of nitrogens with one attached hydrogen (secondary N) is 3. The second kappa shape index (κ2) is 14.3. The van der Waals surface area contributed by atoms with E-state index in [-0.39, 0.29) is 35.6 Å². The molecule has 0 saturated carbocycles. The fraction of sp³-hybridized carbons (Fsp3) is 0.304. The van der Waals surface area contributed by atoms with E-state index < -0.39 is 0 Å². The molecule has 0 aliphatic rings. The normalized spacial score (nSPS) is 11.0. The number of aliphatic imine (C=N–C) groups is 1. The van der Waals surface area contributed by atoms with Crippen molar-refractivity contribution in [3.05, 3.63) is 78.1 Å². The maximum absolute atomic E-state index is 12.1. The molecule has 3 rings (SSSR count). The van der Waals surface area contributed by atoms with E-state index >= 15 is 0 Å². The molecule has 0 aliphatic heterocycles. The number of furan rings is 2. The van der Waals surface area contributed by atoms with Crippen LogP contribution >= 0.6 is 24.0 Å². The number of hydrogen-bond acceptors (Lipinski definition) is 5. The first-order valence-corrected chi connectivity index (χ1v) is 10.3. The first kappa shape index (κ1) is 25.5. The number of amides is 1. The van der Waals surface area contributed by atoms with E-state index in [1.54, 1.807) is 18.4 Å². The summed E-state index contributed by atoms with van der Waals surface area (Å²) in [5, 5.41) is 9.36. The summed E-state index contributed by atoms with van der Waals surface area (Å²) >= 11 is 0. The van der Waals surface area contributed by atoms with Crippen LogP contribution in [-0.4, -0.2) is 31.6 Å². The van der Waals surface area contributed by atoms with Crippen LogP contribution in [0.5, 0.6) is 0 Å². The number of rotatable bonds is 11. The Labute approximate surface area is 204 Å². The number of nitrogens with zero attached hydrogens (tertiary/aromatic N) is 1. The zero-order valence-electron chi connectivity index (χ0n) is 18.0. The lowest BCUT2D eigenvalue weighted by molar-refractivity contribution is 0.0996. The van der Waals surface area contributed by atoms with Gasteiger partial charge >= 0.3 is 0 Å². The van der Waals surface area contributed by atoms with Crippen LogP contribution in [0.3, 0.4) is 0 Å². The Morgan fingerprint density at radius 3 is 2.66 bits per heavy atom. The highest BCUT2D eigenvalue weighted by molar-refractivity contribution is 14.0. The number of guanidine groups is 1. The van der Waals surface area contributed by atoms with Crippen LogP contribution in [-0.2, 0) is 17.9 Å². The second-order valence-electron chi connectivity index (χ2n) is 6.74. The molecule has 1 amide bonds. The van der Waals surface area contributed by atoms with E-state index in [1.807, 2.05) is 43.3 Å². The number of benzene rings is 1. The average Bonchev–Trinajstić information content (AvgIpc) is 3.49. The third-order valence-electron chi connectivity index (χ3n) is 4.28. The van der Waals surface area contributed by atoms with Gasteiger partial charge in [-0.1, -0.05) is 12.1 Å². The average molecular weight is 552 g/mol. The summed E-state index contributed by atoms with van der Waals surface area (Å²) in [5.41, 5.74) is 1.68. The molecule has 2 heterocycles. The standard InChI is InChI=1S/C23H28N4O4.HI/c1-2-24-23(25-11-6-12-29-17-20-9-4-13-30-20)26-16-18-7-3-8-19(15-18)27-22(28)21-10-5-14-31-21;/h3-5,7-10,13-15H,2,6,11-12,16-17H2,1H3,(H,27,28)(H2,24,25,26);1H. The monoisotopic (exact) mass is 552 g/mol. The molecule has 0 radical (unpaired) electrons. The van der Waals surface area contributed by atoms with E-state index in [0.29, 0.717) is 25.4 Å². The SMILES string of the molecule is CCNC(=NCc1cccc(NC(=O)c2ccco2)c1)NCCCOCc1ccco1.I. The van der Waals surface area contributed by atoms with E-state index in [2.05, 4.69) is 20.9 Å². The van der Waals surface area contributed by atoms with Crippen LogP contribution in [0.2, 0.25) is 0 Å². The lowest BCUT2D eigenvalue weighted by Gasteiger charge is -2.11. The van der Waals surface area contributed by atoms with Gasteiger partial charge in [-0.25, -0.2) is 4.99 Å². The van der Waals surface area contributed by atoms with Gasteiger partial charge in [-0.05, 0) is 55.3 Å². The second-order valence-corrected chi connectivity index (χ2v) is 6.74. The maximum atomic E-state index is 12.1. The Balaban J connectivity index is 0.00000363. The molecule has 0 fully saturated rings. The van der Waals surface area contributed by atoms with Gasteiger partial charge in [0.2, 0.25) is 0 Å². The summed E-state index contributed by atoms with van der Waals surface area (Å²) in [6, 6.07) is 14.6. The summed E-state index contributed by atoms with van der Waals surface area (Å²) in [6.45, 7) is 5.12. The Bertz CT molecular complexity index is 943. The molecule has 3 aromatic rings. The van der Waals surface area contributed by atoms with Gasteiger partial charge in [-0.3, -0.25) is 4.79 Å². The molecule has 8 nitrogen and oxygen atoms in total. The van der Waals surface area contributed by atoms with Crippen LogP contribution < -0.4 is 16.0 Å². The summed E-state index contributed by atoms with van der Waals surface area (Å²) in [7, 11) is 0. The van der Waals surface area contributed by atoms with Crippen molar-refractivity contribution in [2.24, 2.45) is 4.99 Å². The Hall–Kier alpha value is -2.79. The van der Waals surface area contributed by atoms with Crippen LogP contribution in [0, 0.1) is 0 Å². The van der Waals surface area contributed by atoms with Gasteiger partial charge in [-0.15, -0.1) is 24.0 Å². The van der Waals surface area contributed by atoms with E-state index in [0.717, 1.165) is 36.8 Å². The highest BCUT2D eigenvalue weighted by Gasteiger charge is 2.08. The third kappa shape index (κ3) is 8.75. The van der Waals surface area contributed by atoms with Crippen molar-refractivity contribution in [3.63, 3.8) is 0 Å². The van der Waals surface area contributed by atoms with Gasteiger partial charge in [0.15, 0.2) is 11.7 Å². The molecule has 0 atom stereocenters. The smallest absolute Gasteiger partial charge is 0.291 e. The molecular weight excluding hydrogens is 523 g/mol. The molecule has 3 N–H and O–H groups in total. The number of carbonyl (C=O) groups is 1. The van der Waals surface area contributed by atoms with Crippen molar-refractivity contribution < 1.29 is 18.4 Å². The topological polar surface area (TPSA) is 101 Å². The molecule has 0 spiro atoms. The minimum atomic E-state index is -0.282. The molecule has 32 heavy (non-hydrogen) atoms. The Kier molecular flexibility index (Phi) is 11.4. The predicted molar refractivity (Wildman–Crippen MR) is 134 cm³/mol. The molecule has 0 saturated heterocycles. The van der Waals surface area contributed by atoms with Gasteiger partial charge < -0.3 is 29.5 Å². The number of carbonyl (C=O) groups excluding carboxylic acids is 1. The van der Waals surface area contributed by atoms with Gasteiger partial charge in [0.1, 0.15) is 12.4 Å². The van der Waals surface area contributed by atoms with E-state index in [1.165, 1.54) is 6.26 Å². The molecule has 0 aliphatic carbocycles. The minimum absolute atomic E-state index is 0. The lowest BCUT2D eigenvalue weighted by Crippen LogP contribution is -2.38. The highest BCUT2D eigenvalue weighted by atomic mass is 127. The maximum Gasteiger partial charge on any atom is 0.291 e. The van der Waals surface area contributed by atoms with Gasteiger partial charge in [0, 0.05) is 25.4 Å². The molecule has 0 bridgehead atoms. The minimum Gasteiger partial charge on any atom is -0.467 e. The summed E-state index contributed by atoms with van der Waals surface area (Å²) < 4.78 is 15.9. The zero-order chi connectivity index (χ0) is 21.7. The van der Waals surface area contributed by atoms with E-state index in [9.17, 15) is 4.79 Å². The summed E-state index contributed by atoms with van der Waals surface area (Å²) in [6.07, 6.45) is 3.96. The van der Waals surface area contributed by atoms with Crippen LogP contribution in [0.1, 0.15) is 35.2 Å². The lowest BCUT2D eigenvalue weighted by atomic mass is 10.2. The first-order chi connectivity index (χ1) is 15.2. The molecule has 1 aromatic carbocycles. The van der Waals surface area contributed by atoms with Gasteiger partial charge in [-0.2, -0.15) is 0 Å². The molecule has 0 unspecified atom stereocenters. The predicted octanol–water partition coefficient (Wildman–Crippen LogP) is 4.40. The fourth-order valence-corrected chi connectivity index (χ4v) is 2.81. The first-order valence-electron chi connectivity index (χ1n) is 10.3. The number of halogens is 1. The molecule has 2 aromatic heterocycles. The van der Waals surface area contributed by atoms with Gasteiger partial charge in [0.05, 0.1) is 19.1 Å². The number of hydrogen-bond donors (Lipinski definition) is 3. The van der Waals surface area contributed by atoms with E-state index in [4.69, 9.17) is 13.6 Å². The van der Waals surface area contributed by atoms with Crippen LogP contribution in [0.25, 0.3) is 0 Å². The van der Waals surface area contributed by atoms with Gasteiger partial charge in [0.25, 0.3) is 5.91 Å². The Morgan fingerprint density at radius 1 is 1.06 bits per heavy atom. The molecular formula is C23H29IN4O4. The zero-order valence-corrected chi connectivity index (χ0v) is 20.3. The largest absolute Gasteiger partial charge is 0.467 e. The highest BCUT2D eigenvalue weighted by Crippen LogP contribution is 2.13. The summed E-state index contributed by atoms with van der Waals surface area (Å²) in [4.78, 5) is 16.7.